The Hall–Kier alpha value is -1.37. The van der Waals surface area contributed by atoms with Crippen LogP contribution >= 0.6 is 11.7 Å². The van der Waals surface area contributed by atoms with Gasteiger partial charge in [-0.1, -0.05) is 6.92 Å². The van der Waals surface area contributed by atoms with E-state index in [0.717, 1.165) is 11.7 Å². The Balaban J connectivity index is 2.69. The summed E-state index contributed by atoms with van der Waals surface area (Å²) in [5, 5.41) is 11.6. The maximum Gasteiger partial charge on any atom is 0.326 e. The van der Waals surface area contributed by atoms with E-state index in [2.05, 4.69) is 14.1 Å². The maximum atomic E-state index is 10.8. The topological polar surface area (TPSA) is 84.3 Å². The van der Waals surface area contributed by atoms with Gasteiger partial charge in [0.25, 0.3) is 5.88 Å². The molecular weight excluding hydrogens is 218 g/mol. The van der Waals surface area contributed by atoms with Crippen LogP contribution < -0.4 is 10.1 Å². The molecule has 0 aromatic carbocycles. The molecule has 0 aliphatic carbocycles. The lowest BCUT2D eigenvalue weighted by Gasteiger charge is -2.11. The molecule has 1 unspecified atom stereocenters. The first-order valence-corrected chi connectivity index (χ1v) is 5.36. The van der Waals surface area contributed by atoms with Crippen LogP contribution in [0.1, 0.15) is 20.3 Å². The number of nitrogens with one attached hydrogen (secondary N) is 1. The van der Waals surface area contributed by atoms with Crippen LogP contribution in [0.2, 0.25) is 0 Å². The minimum absolute atomic E-state index is 0.363. The number of carboxylic acid groups (broad SMARTS) is 1. The number of ether oxygens (including phenoxy) is 1. The molecule has 1 aromatic rings. The molecule has 0 saturated heterocycles. The van der Waals surface area contributed by atoms with Crippen molar-refractivity contribution in [2.45, 2.75) is 26.3 Å². The highest BCUT2D eigenvalue weighted by Crippen LogP contribution is 2.22. The average molecular weight is 231 g/mol. The molecule has 1 aromatic heterocycles. The molecule has 1 atom stereocenters. The summed E-state index contributed by atoms with van der Waals surface area (Å²) in [6.45, 7) is 4.09. The molecule has 1 heterocycles. The lowest BCUT2D eigenvalue weighted by Crippen LogP contribution is -2.28. The van der Waals surface area contributed by atoms with E-state index in [1.54, 1.807) is 6.92 Å². The zero-order chi connectivity index (χ0) is 11.3. The Bertz CT molecular complexity index is 329. The van der Waals surface area contributed by atoms with Crippen molar-refractivity contribution in [2.75, 3.05) is 11.9 Å². The van der Waals surface area contributed by atoms with Crippen LogP contribution in [0.25, 0.3) is 0 Å². The number of carboxylic acids is 1. The third kappa shape index (κ3) is 3.05. The third-order valence-corrected chi connectivity index (χ3v) is 2.27. The van der Waals surface area contributed by atoms with Gasteiger partial charge in [0.1, 0.15) is 6.04 Å². The van der Waals surface area contributed by atoms with Crippen LogP contribution in [0, 0.1) is 0 Å². The van der Waals surface area contributed by atoms with Crippen molar-refractivity contribution in [1.82, 2.24) is 8.75 Å². The molecule has 1 rings (SSSR count). The van der Waals surface area contributed by atoms with Gasteiger partial charge in [0.15, 0.2) is 0 Å². The van der Waals surface area contributed by atoms with E-state index in [1.165, 1.54) is 0 Å². The highest BCUT2D eigenvalue weighted by Gasteiger charge is 2.18. The van der Waals surface area contributed by atoms with Gasteiger partial charge >= 0.3 is 5.97 Å². The maximum absolute atomic E-state index is 10.8. The predicted octanol–water partition coefficient (Wildman–Crippen LogP) is 1.21. The van der Waals surface area contributed by atoms with E-state index in [4.69, 9.17) is 9.84 Å². The Labute approximate surface area is 91.6 Å². The second-order valence-corrected chi connectivity index (χ2v) is 3.32. The van der Waals surface area contributed by atoms with E-state index in [9.17, 15) is 4.79 Å². The van der Waals surface area contributed by atoms with Crippen LogP contribution in [0.3, 0.4) is 0 Å². The summed E-state index contributed by atoms with van der Waals surface area (Å²) in [4.78, 5) is 10.8. The molecule has 0 aliphatic rings. The number of aliphatic carboxylic acids is 1. The molecule has 0 fully saturated rings. The second kappa shape index (κ2) is 5.50. The zero-order valence-corrected chi connectivity index (χ0v) is 9.37. The minimum atomic E-state index is -0.909. The fourth-order valence-corrected chi connectivity index (χ4v) is 1.47. The van der Waals surface area contributed by atoms with E-state index >= 15 is 0 Å². The number of aromatic nitrogens is 2. The molecule has 0 spiro atoms. The average Bonchev–Trinajstić information content (AvgIpc) is 2.62. The summed E-state index contributed by atoms with van der Waals surface area (Å²) in [5.74, 6) is -0.147. The third-order valence-electron chi connectivity index (χ3n) is 1.76. The summed E-state index contributed by atoms with van der Waals surface area (Å²) in [6, 6.07) is -0.659. The van der Waals surface area contributed by atoms with Crippen molar-refractivity contribution in [2.24, 2.45) is 0 Å². The first-order chi connectivity index (χ1) is 7.19. The van der Waals surface area contributed by atoms with Gasteiger partial charge in [0, 0.05) is 0 Å². The van der Waals surface area contributed by atoms with Crippen molar-refractivity contribution in [3.63, 3.8) is 0 Å². The van der Waals surface area contributed by atoms with Crippen LogP contribution in [-0.4, -0.2) is 32.5 Å². The fourth-order valence-electron chi connectivity index (χ4n) is 1.00. The highest BCUT2D eigenvalue weighted by molar-refractivity contribution is 6.99. The van der Waals surface area contributed by atoms with E-state index in [-0.39, 0.29) is 0 Å². The summed E-state index contributed by atoms with van der Waals surface area (Å²) in [6.07, 6.45) is 0.471. The second-order valence-electron chi connectivity index (χ2n) is 2.79. The molecule has 0 aliphatic heterocycles. The Morgan fingerprint density at radius 2 is 2.33 bits per heavy atom. The number of hydrogen-bond acceptors (Lipinski definition) is 6. The number of carbonyl (C=O) groups is 1. The van der Waals surface area contributed by atoms with Crippen molar-refractivity contribution >= 4 is 23.5 Å². The standard InChI is InChI=1S/C8H13N3O3S/c1-3-5(8(12)13)9-6-7(14-4-2)11-15-10-6/h5H,3-4H2,1-2H3,(H,9,10)(H,12,13). The summed E-state index contributed by atoms with van der Waals surface area (Å²) < 4.78 is 13.0. The number of rotatable bonds is 6. The molecule has 2 N–H and O–H groups in total. The van der Waals surface area contributed by atoms with Gasteiger partial charge in [-0.25, -0.2) is 4.79 Å². The number of nitrogens with zero attached hydrogens (tertiary/aromatic N) is 2. The number of anilines is 1. The van der Waals surface area contributed by atoms with E-state index in [1.807, 2.05) is 6.92 Å². The Morgan fingerprint density at radius 1 is 1.60 bits per heavy atom. The molecule has 0 saturated carbocycles. The van der Waals surface area contributed by atoms with Crippen LogP contribution in [0.4, 0.5) is 5.82 Å². The smallest absolute Gasteiger partial charge is 0.326 e. The summed E-state index contributed by atoms with van der Waals surface area (Å²) in [5.41, 5.74) is 0. The van der Waals surface area contributed by atoms with Gasteiger partial charge in [0.2, 0.25) is 5.82 Å². The zero-order valence-electron chi connectivity index (χ0n) is 8.56. The van der Waals surface area contributed by atoms with Crippen molar-refractivity contribution < 1.29 is 14.6 Å². The van der Waals surface area contributed by atoms with E-state index < -0.39 is 12.0 Å². The molecule has 84 valence electrons. The quantitative estimate of drug-likeness (QED) is 0.765. The monoisotopic (exact) mass is 231 g/mol. The largest absolute Gasteiger partial charge is 0.480 e. The predicted molar refractivity (Wildman–Crippen MR) is 56.4 cm³/mol. The number of hydrogen-bond donors (Lipinski definition) is 2. The van der Waals surface area contributed by atoms with Crippen LogP contribution in [0.15, 0.2) is 0 Å². The molecule has 7 heteroatoms. The van der Waals surface area contributed by atoms with Crippen molar-refractivity contribution in [1.29, 1.82) is 0 Å². The molecular formula is C8H13N3O3S. The van der Waals surface area contributed by atoms with Gasteiger partial charge in [-0.3, -0.25) is 0 Å². The first kappa shape index (κ1) is 11.7. The minimum Gasteiger partial charge on any atom is -0.480 e. The van der Waals surface area contributed by atoms with Gasteiger partial charge in [-0.05, 0) is 13.3 Å². The first-order valence-electron chi connectivity index (χ1n) is 4.63. The van der Waals surface area contributed by atoms with Crippen LogP contribution in [0.5, 0.6) is 5.88 Å². The normalized spacial score (nSPS) is 12.1. The van der Waals surface area contributed by atoms with Gasteiger partial charge in [-0.15, -0.1) is 4.37 Å². The fraction of sp³-hybridized carbons (Fsp3) is 0.625. The Kier molecular flexibility index (Phi) is 4.29. The molecule has 6 nitrogen and oxygen atoms in total. The molecule has 15 heavy (non-hydrogen) atoms. The summed E-state index contributed by atoms with van der Waals surface area (Å²) in [7, 11) is 0. The molecule has 0 bridgehead atoms. The SMILES string of the molecule is CCOc1nsnc1NC(CC)C(=O)O. The highest BCUT2D eigenvalue weighted by atomic mass is 32.1. The van der Waals surface area contributed by atoms with Gasteiger partial charge < -0.3 is 15.2 Å². The van der Waals surface area contributed by atoms with Crippen LogP contribution in [-0.2, 0) is 4.79 Å². The van der Waals surface area contributed by atoms with Gasteiger partial charge in [-0.2, -0.15) is 4.37 Å². The van der Waals surface area contributed by atoms with Crippen molar-refractivity contribution in [3.8, 4) is 5.88 Å². The molecule has 0 amide bonds. The Morgan fingerprint density at radius 3 is 2.87 bits per heavy atom. The summed E-state index contributed by atoms with van der Waals surface area (Å²) >= 11 is 0.990. The van der Waals surface area contributed by atoms with E-state index in [0.29, 0.717) is 24.7 Å². The van der Waals surface area contributed by atoms with Gasteiger partial charge in [0.05, 0.1) is 18.3 Å². The lowest BCUT2D eigenvalue weighted by molar-refractivity contribution is -0.137. The van der Waals surface area contributed by atoms with Crippen molar-refractivity contribution in [3.05, 3.63) is 0 Å². The molecule has 0 radical (unpaired) electrons. The lowest BCUT2D eigenvalue weighted by atomic mass is 10.2.